The Kier molecular flexibility index (Phi) is 6.39. The number of methoxy groups -OCH3 is 1. The summed E-state index contributed by atoms with van der Waals surface area (Å²) in [6, 6.07) is 0. The smallest absolute Gasteiger partial charge is 0.0583 e. The van der Waals surface area contributed by atoms with Crippen LogP contribution in [0.1, 0.15) is 20.3 Å². The molecule has 0 spiro atoms. The molecule has 0 aliphatic rings. The van der Waals surface area contributed by atoms with Crippen molar-refractivity contribution in [3.63, 3.8) is 0 Å². The van der Waals surface area contributed by atoms with Gasteiger partial charge in [0.15, 0.2) is 0 Å². The first-order valence-electron chi connectivity index (χ1n) is 4.21. The van der Waals surface area contributed by atoms with Crippen LogP contribution >= 0.6 is 0 Å². The van der Waals surface area contributed by atoms with Crippen LogP contribution < -0.4 is 0 Å². The molecule has 0 aromatic carbocycles. The molecule has 0 aromatic heterocycles. The number of ether oxygens (including phenoxy) is 1. The molecule has 0 rings (SSSR count). The molecule has 0 saturated heterocycles. The van der Waals surface area contributed by atoms with E-state index in [-0.39, 0.29) is 6.10 Å². The van der Waals surface area contributed by atoms with Gasteiger partial charge in [-0.2, -0.15) is 0 Å². The van der Waals surface area contributed by atoms with Crippen LogP contribution in [0.25, 0.3) is 0 Å². The van der Waals surface area contributed by atoms with E-state index < -0.39 is 0 Å². The fourth-order valence-corrected chi connectivity index (χ4v) is 0.854. The highest BCUT2D eigenvalue weighted by Gasteiger charge is 1.99. The van der Waals surface area contributed by atoms with Crippen LogP contribution in [0.2, 0.25) is 0 Å². The Morgan fingerprint density at radius 2 is 2.25 bits per heavy atom. The van der Waals surface area contributed by atoms with Gasteiger partial charge >= 0.3 is 0 Å². The Hall–Kier alpha value is -0.820. The lowest BCUT2D eigenvalue weighted by atomic mass is 10.1. The van der Waals surface area contributed by atoms with Crippen LogP contribution in [0.15, 0.2) is 36.5 Å². The van der Waals surface area contributed by atoms with E-state index >= 15 is 0 Å². The van der Waals surface area contributed by atoms with Crippen molar-refractivity contribution in [2.75, 3.05) is 7.11 Å². The number of rotatable bonds is 5. The molecule has 0 bridgehead atoms. The number of hydrogen-bond acceptors (Lipinski definition) is 1. The van der Waals surface area contributed by atoms with Crippen molar-refractivity contribution in [2.24, 2.45) is 0 Å². The van der Waals surface area contributed by atoms with Gasteiger partial charge in [-0.3, -0.25) is 0 Å². The highest BCUT2D eigenvalue weighted by atomic mass is 16.5. The van der Waals surface area contributed by atoms with Crippen molar-refractivity contribution in [1.82, 2.24) is 0 Å². The maximum absolute atomic E-state index is 5.15. The van der Waals surface area contributed by atoms with Crippen molar-refractivity contribution in [3.05, 3.63) is 36.5 Å². The van der Waals surface area contributed by atoms with Gasteiger partial charge in [0.25, 0.3) is 0 Å². The fourth-order valence-electron chi connectivity index (χ4n) is 0.854. The van der Waals surface area contributed by atoms with Crippen molar-refractivity contribution >= 4 is 0 Å². The second-order valence-electron chi connectivity index (χ2n) is 2.72. The average Bonchev–Trinajstić information content (AvgIpc) is 2.11. The zero-order valence-corrected chi connectivity index (χ0v) is 8.21. The number of allylic oxidation sites excluding steroid dienone is 4. The van der Waals surface area contributed by atoms with E-state index in [1.807, 2.05) is 32.1 Å². The molecule has 0 amide bonds. The van der Waals surface area contributed by atoms with Crippen LogP contribution in [0.4, 0.5) is 0 Å². The third-order valence-electron chi connectivity index (χ3n) is 1.69. The SMILES string of the molecule is C=C/C(=C\C=C/C)CC(C)OC. The molecule has 0 heterocycles. The average molecular weight is 166 g/mol. The second-order valence-corrected chi connectivity index (χ2v) is 2.72. The first kappa shape index (κ1) is 11.2. The molecule has 68 valence electrons. The Labute approximate surface area is 75.4 Å². The van der Waals surface area contributed by atoms with E-state index in [2.05, 4.69) is 12.7 Å². The maximum atomic E-state index is 5.15. The summed E-state index contributed by atoms with van der Waals surface area (Å²) < 4.78 is 5.15. The van der Waals surface area contributed by atoms with Crippen molar-refractivity contribution in [3.8, 4) is 0 Å². The van der Waals surface area contributed by atoms with Gasteiger partial charge < -0.3 is 4.74 Å². The summed E-state index contributed by atoms with van der Waals surface area (Å²) in [5, 5.41) is 0. The Bertz CT molecular complexity index is 177. The van der Waals surface area contributed by atoms with Crippen molar-refractivity contribution < 1.29 is 4.74 Å². The minimum Gasteiger partial charge on any atom is -0.381 e. The highest BCUT2D eigenvalue weighted by Crippen LogP contribution is 2.08. The van der Waals surface area contributed by atoms with Gasteiger partial charge in [-0.15, -0.1) is 0 Å². The largest absolute Gasteiger partial charge is 0.381 e. The van der Waals surface area contributed by atoms with E-state index in [1.54, 1.807) is 7.11 Å². The molecule has 0 fully saturated rings. The third kappa shape index (κ3) is 4.91. The van der Waals surface area contributed by atoms with Crippen LogP contribution in [-0.2, 0) is 4.74 Å². The van der Waals surface area contributed by atoms with Crippen molar-refractivity contribution in [2.45, 2.75) is 26.4 Å². The van der Waals surface area contributed by atoms with Gasteiger partial charge in [0, 0.05) is 7.11 Å². The molecule has 0 aliphatic carbocycles. The first-order chi connectivity index (χ1) is 5.74. The van der Waals surface area contributed by atoms with Crippen LogP contribution in [0.3, 0.4) is 0 Å². The van der Waals surface area contributed by atoms with Gasteiger partial charge in [-0.05, 0) is 25.8 Å². The van der Waals surface area contributed by atoms with Crippen LogP contribution in [0, 0.1) is 0 Å². The molecule has 1 unspecified atom stereocenters. The summed E-state index contributed by atoms with van der Waals surface area (Å²) >= 11 is 0. The van der Waals surface area contributed by atoms with E-state index in [4.69, 9.17) is 4.74 Å². The summed E-state index contributed by atoms with van der Waals surface area (Å²) in [7, 11) is 1.72. The molecule has 0 radical (unpaired) electrons. The summed E-state index contributed by atoms with van der Waals surface area (Å²) in [6.45, 7) is 7.79. The zero-order valence-electron chi connectivity index (χ0n) is 8.21. The van der Waals surface area contributed by atoms with Gasteiger partial charge in [-0.1, -0.05) is 30.9 Å². The Morgan fingerprint density at radius 1 is 1.58 bits per heavy atom. The minimum atomic E-state index is 0.263. The van der Waals surface area contributed by atoms with Gasteiger partial charge in [0.1, 0.15) is 0 Å². The predicted octanol–water partition coefficient (Wildman–Crippen LogP) is 3.10. The first-order valence-corrected chi connectivity index (χ1v) is 4.21. The van der Waals surface area contributed by atoms with Gasteiger partial charge in [-0.25, -0.2) is 0 Å². The normalized spacial score (nSPS) is 15.1. The summed E-state index contributed by atoms with van der Waals surface area (Å²) in [5.41, 5.74) is 1.21. The Balaban J connectivity index is 4.07. The molecule has 0 N–H and O–H groups in total. The molecule has 1 atom stereocenters. The van der Waals surface area contributed by atoms with Crippen LogP contribution in [0.5, 0.6) is 0 Å². The monoisotopic (exact) mass is 166 g/mol. The highest BCUT2D eigenvalue weighted by molar-refractivity contribution is 5.22. The lowest BCUT2D eigenvalue weighted by molar-refractivity contribution is 0.119. The molecule has 12 heavy (non-hydrogen) atoms. The summed E-state index contributed by atoms with van der Waals surface area (Å²) in [6.07, 6.45) is 9.13. The van der Waals surface area contributed by atoms with E-state index in [0.717, 1.165) is 6.42 Å². The number of hydrogen-bond donors (Lipinski definition) is 0. The minimum absolute atomic E-state index is 0.263. The topological polar surface area (TPSA) is 9.23 Å². The van der Waals surface area contributed by atoms with Gasteiger partial charge in [0.05, 0.1) is 6.10 Å². The fraction of sp³-hybridized carbons (Fsp3) is 0.455. The van der Waals surface area contributed by atoms with E-state index in [0.29, 0.717) is 0 Å². The molecule has 0 aromatic rings. The quantitative estimate of drug-likeness (QED) is 0.570. The second kappa shape index (κ2) is 6.86. The predicted molar refractivity (Wildman–Crippen MR) is 54.2 cm³/mol. The lowest BCUT2D eigenvalue weighted by Crippen LogP contribution is -2.04. The molecule has 0 aliphatic heterocycles. The summed E-state index contributed by atoms with van der Waals surface area (Å²) in [5.74, 6) is 0. The van der Waals surface area contributed by atoms with Crippen LogP contribution in [-0.4, -0.2) is 13.2 Å². The Morgan fingerprint density at radius 3 is 2.67 bits per heavy atom. The molecule has 0 saturated carbocycles. The third-order valence-corrected chi connectivity index (χ3v) is 1.69. The molecule has 1 nitrogen and oxygen atoms in total. The molecular formula is C11H18O. The maximum Gasteiger partial charge on any atom is 0.0583 e. The lowest BCUT2D eigenvalue weighted by Gasteiger charge is -2.08. The van der Waals surface area contributed by atoms with E-state index in [1.165, 1.54) is 5.57 Å². The summed E-state index contributed by atoms with van der Waals surface area (Å²) in [4.78, 5) is 0. The van der Waals surface area contributed by atoms with Gasteiger partial charge in [0.2, 0.25) is 0 Å². The van der Waals surface area contributed by atoms with Crippen molar-refractivity contribution in [1.29, 1.82) is 0 Å². The standard InChI is InChI=1S/C11H18O/c1-5-7-8-11(6-2)9-10(3)12-4/h5-8,10H,2,9H2,1,3-4H3/b7-5-,11-8+. The molecular weight excluding hydrogens is 148 g/mol. The molecule has 1 heteroatoms. The zero-order chi connectivity index (χ0) is 9.40. The van der Waals surface area contributed by atoms with E-state index in [9.17, 15) is 0 Å².